The molecule has 0 atom stereocenters. The normalized spacial score (nSPS) is 17.4. The Balaban J connectivity index is 2.09. The molecule has 18 heavy (non-hydrogen) atoms. The molecular formula is C15H19ClN2. The molecule has 0 N–H and O–H groups in total. The number of benzene rings is 1. The minimum atomic E-state index is 0.643. The molecule has 0 radical (unpaired) electrons. The van der Waals surface area contributed by atoms with Gasteiger partial charge in [-0.2, -0.15) is 0 Å². The maximum atomic E-state index is 6.06. The van der Waals surface area contributed by atoms with Gasteiger partial charge in [0.25, 0.3) is 0 Å². The molecule has 1 aromatic heterocycles. The van der Waals surface area contributed by atoms with E-state index in [2.05, 4.69) is 17.6 Å². The lowest BCUT2D eigenvalue weighted by molar-refractivity contribution is 0.419. The van der Waals surface area contributed by atoms with Crippen LogP contribution in [-0.2, 0) is 6.54 Å². The van der Waals surface area contributed by atoms with Crippen LogP contribution in [0.5, 0.6) is 0 Å². The van der Waals surface area contributed by atoms with E-state index < -0.39 is 0 Å². The fourth-order valence-electron chi connectivity index (χ4n) is 3.13. The summed E-state index contributed by atoms with van der Waals surface area (Å²) in [6.07, 6.45) is 6.65. The van der Waals surface area contributed by atoms with Crippen LogP contribution in [0.25, 0.3) is 11.0 Å². The van der Waals surface area contributed by atoms with Crippen molar-refractivity contribution in [1.29, 1.82) is 0 Å². The van der Waals surface area contributed by atoms with Gasteiger partial charge < -0.3 is 4.57 Å². The first-order chi connectivity index (χ1) is 8.79. The van der Waals surface area contributed by atoms with Crippen molar-refractivity contribution in [3.63, 3.8) is 0 Å². The van der Waals surface area contributed by atoms with E-state index >= 15 is 0 Å². The molecule has 1 aromatic carbocycles. The molecule has 1 saturated carbocycles. The molecule has 3 heteroatoms. The summed E-state index contributed by atoms with van der Waals surface area (Å²) in [6, 6.07) is 6.04. The first-order valence-corrected chi connectivity index (χ1v) is 7.33. The van der Waals surface area contributed by atoms with Crippen molar-refractivity contribution in [2.24, 2.45) is 0 Å². The number of aryl methyl sites for hydroxylation is 1. The second-order valence-electron chi connectivity index (χ2n) is 5.18. The van der Waals surface area contributed by atoms with Gasteiger partial charge >= 0.3 is 0 Å². The molecule has 0 amide bonds. The third-order valence-corrected chi connectivity index (χ3v) is 4.26. The summed E-state index contributed by atoms with van der Waals surface area (Å²) in [4.78, 5) is 4.85. The Bertz CT molecular complexity index is 553. The van der Waals surface area contributed by atoms with Crippen LogP contribution in [0.2, 0.25) is 5.02 Å². The van der Waals surface area contributed by atoms with Gasteiger partial charge in [0.2, 0.25) is 0 Å². The second kappa shape index (κ2) is 4.93. The van der Waals surface area contributed by atoms with Crippen LogP contribution in [0, 0.1) is 0 Å². The maximum Gasteiger partial charge on any atom is 0.112 e. The monoisotopic (exact) mass is 262 g/mol. The Labute approximate surface area is 113 Å². The van der Waals surface area contributed by atoms with Crippen molar-refractivity contribution in [3.8, 4) is 0 Å². The molecule has 96 valence electrons. The van der Waals surface area contributed by atoms with E-state index in [1.807, 2.05) is 12.1 Å². The smallest absolute Gasteiger partial charge is 0.112 e. The molecule has 1 aliphatic carbocycles. The highest BCUT2D eigenvalue weighted by molar-refractivity contribution is 6.31. The molecule has 0 aliphatic heterocycles. The van der Waals surface area contributed by atoms with Crippen LogP contribution in [0.4, 0.5) is 0 Å². The highest BCUT2D eigenvalue weighted by Crippen LogP contribution is 2.34. The minimum absolute atomic E-state index is 0.643. The zero-order valence-corrected chi connectivity index (χ0v) is 11.6. The third-order valence-electron chi connectivity index (χ3n) is 4.03. The maximum absolute atomic E-state index is 6.06. The number of rotatable bonds is 2. The van der Waals surface area contributed by atoms with E-state index in [0.29, 0.717) is 5.92 Å². The Morgan fingerprint density at radius 2 is 2.06 bits per heavy atom. The summed E-state index contributed by atoms with van der Waals surface area (Å²) in [5.74, 6) is 1.92. The van der Waals surface area contributed by atoms with Crippen LogP contribution >= 0.6 is 11.6 Å². The lowest BCUT2D eigenvalue weighted by Crippen LogP contribution is -2.11. The number of aromatic nitrogens is 2. The molecule has 0 bridgehead atoms. The SMILES string of the molecule is CCn1c(C2CCCCC2)nc2cc(Cl)ccc21. The van der Waals surface area contributed by atoms with E-state index in [0.717, 1.165) is 17.1 Å². The number of nitrogens with zero attached hydrogens (tertiary/aromatic N) is 2. The summed E-state index contributed by atoms with van der Waals surface area (Å²) < 4.78 is 2.36. The van der Waals surface area contributed by atoms with Crippen LogP contribution in [0.3, 0.4) is 0 Å². The van der Waals surface area contributed by atoms with Crippen LogP contribution < -0.4 is 0 Å². The quantitative estimate of drug-likeness (QED) is 0.763. The average molecular weight is 263 g/mol. The van der Waals surface area contributed by atoms with Crippen molar-refractivity contribution in [3.05, 3.63) is 29.0 Å². The van der Waals surface area contributed by atoms with E-state index in [1.165, 1.54) is 43.4 Å². The first kappa shape index (κ1) is 12.0. The summed E-state index contributed by atoms with van der Waals surface area (Å²) in [7, 11) is 0. The predicted molar refractivity (Wildman–Crippen MR) is 76.2 cm³/mol. The van der Waals surface area contributed by atoms with Crippen LogP contribution in [-0.4, -0.2) is 9.55 Å². The Kier molecular flexibility index (Phi) is 3.29. The molecule has 2 aromatic rings. The lowest BCUT2D eigenvalue weighted by Gasteiger charge is -2.21. The number of hydrogen-bond donors (Lipinski definition) is 0. The summed E-state index contributed by atoms with van der Waals surface area (Å²) in [6.45, 7) is 3.19. The van der Waals surface area contributed by atoms with Gasteiger partial charge in [0, 0.05) is 17.5 Å². The average Bonchev–Trinajstić information content (AvgIpc) is 2.77. The minimum Gasteiger partial charge on any atom is -0.328 e. The van der Waals surface area contributed by atoms with Gasteiger partial charge in [0.1, 0.15) is 5.82 Å². The molecule has 1 aliphatic rings. The lowest BCUT2D eigenvalue weighted by atomic mass is 9.88. The zero-order chi connectivity index (χ0) is 12.5. The summed E-state index contributed by atoms with van der Waals surface area (Å²) in [5, 5.41) is 0.776. The van der Waals surface area contributed by atoms with E-state index in [4.69, 9.17) is 16.6 Å². The van der Waals surface area contributed by atoms with E-state index in [-0.39, 0.29) is 0 Å². The Morgan fingerprint density at radius 3 is 2.78 bits per heavy atom. The van der Waals surface area contributed by atoms with Gasteiger partial charge in [0.15, 0.2) is 0 Å². The fraction of sp³-hybridized carbons (Fsp3) is 0.533. The van der Waals surface area contributed by atoms with Crippen LogP contribution in [0.15, 0.2) is 18.2 Å². The van der Waals surface area contributed by atoms with Gasteiger partial charge in [-0.1, -0.05) is 30.9 Å². The molecule has 0 unspecified atom stereocenters. The number of imidazole rings is 1. The summed E-state index contributed by atoms with van der Waals surface area (Å²) in [5.41, 5.74) is 2.27. The number of fused-ring (bicyclic) bond motifs is 1. The van der Waals surface area contributed by atoms with Gasteiger partial charge in [0.05, 0.1) is 11.0 Å². The molecule has 0 saturated heterocycles. The predicted octanol–water partition coefficient (Wildman–Crippen LogP) is 4.76. The van der Waals surface area contributed by atoms with Crippen molar-refractivity contribution in [2.75, 3.05) is 0 Å². The largest absolute Gasteiger partial charge is 0.328 e. The standard InChI is InChI=1S/C15H19ClN2/c1-2-18-14-9-8-12(16)10-13(14)17-15(18)11-6-4-3-5-7-11/h8-11H,2-7H2,1H3. The van der Waals surface area contributed by atoms with Crippen molar-refractivity contribution < 1.29 is 0 Å². The van der Waals surface area contributed by atoms with Gasteiger partial charge in [-0.05, 0) is 38.0 Å². The highest BCUT2D eigenvalue weighted by atomic mass is 35.5. The second-order valence-corrected chi connectivity index (χ2v) is 5.62. The molecule has 0 spiro atoms. The number of hydrogen-bond acceptors (Lipinski definition) is 1. The topological polar surface area (TPSA) is 17.8 Å². The summed E-state index contributed by atoms with van der Waals surface area (Å²) >= 11 is 6.06. The van der Waals surface area contributed by atoms with Gasteiger partial charge in [-0.15, -0.1) is 0 Å². The third kappa shape index (κ3) is 2.03. The van der Waals surface area contributed by atoms with E-state index in [9.17, 15) is 0 Å². The highest BCUT2D eigenvalue weighted by Gasteiger charge is 2.21. The molecule has 1 fully saturated rings. The number of halogens is 1. The Hall–Kier alpha value is -1.02. The van der Waals surface area contributed by atoms with Gasteiger partial charge in [-0.25, -0.2) is 4.98 Å². The Morgan fingerprint density at radius 1 is 1.28 bits per heavy atom. The first-order valence-electron chi connectivity index (χ1n) is 6.95. The van der Waals surface area contributed by atoms with Crippen LogP contribution in [0.1, 0.15) is 50.8 Å². The van der Waals surface area contributed by atoms with Gasteiger partial charge in [-0.3, -0.25) is 0 Å². The molecule has 1 heterocycles. The van der Waals surface area contributed by atoms with Crippen molar-refractivity contribution in [1.82, 2.24) is 9.55 Å². The molecular weight excluding hydrogens is 244 g/mol. The molecule has 2 nitrogen and oxygen atoms in total. The molecule has 3 rings (SSSR count). The zero-order valence-electron chi connectivity index (χ0n) is 10.8. The van der Waals surface area contributed by atoms with Crippen molar-refractivity contribution in [2.45, 2.75) is 51.5 Å². The van der Waals surface area contributed by atoms with Crippen molar-refractivity contribution >= 4 is 22.6 Å². The van der Waals surface area contributed by atoms with E-state index in [1.54, 1.807) is 0 Å². The fourth-order valence-corrected chi connectivity index (χ4v) is 3.29.